The number of carbonyl (C=O) groups is 2. The van der Waals surface area contributed by atoms with Gasteiger partial charge in [0.15, 0.2) is 0 Å². The second kappa shape index (κ2) is 7.85. The van der Waals surface area contributed by atoms with Crippen molar-refractivity contribution in [3.63, 3.8) is 0 Å². The number of hydrogen-bond donors (Lipinski definition) is 2. The summed E-state index contributed by atoms with van der Waals surface area (Å²) in [5.74, 6) is -0.213. The molecular weight excluding hydrogens is 292 g/mol. The molecule has 0 unspecified atom stereocenters. The molecule has 2 N–H and O–H groups in total. The summed E-state index contributed by atoms with van der Waals surface area (Å²) < 4.78 is 0. The minimum Gasteiger partial charge on any atom is -0.376 e. The van der Waals surface area contributed by atoms with Crippen LogP contribution in [-0.4, -0.2) is 52.1 Å². The average molecular weight is 318 g/mol. The van der Waals surface area contributed by atoms with Crippen LogP contribution in [0.4, 0.5) is 11.4 Å². The fourth-order valence-electron chi connectivity index (χ4n) is 2.78. The van der Waals surface area contributed by atoms with Crippen molar-refractivity contribution in [2.24, 2.45) is 0 Å². The number of nitrogens with zero attached hydrogens (tertiary/aromatic N) is 2. The molecule has 0 saturated carbocycles. The van der Waals surface area contributed by atoms with Gasteiger partial charge >= 0.3 is 0 Å². The van der Waals surface area contributed by atoms with Gasteiger partial charge in [0.05, 0.1) is 17.9 Å². The normalized spacial score (nSPS) is 17.9. The van der Waals surface area contributed by atoms with Gasteiger partial charge in [0, 0.05) is 27.7 Å². The smallest absolute Gasteiger partial charge is 0.242 e. The molecule has 2 amide bonds. The minimum atomic E-state index is -0.414. The van der Waals surface area contributed by atoms with Crippen LogP contribution in [0.15, 0.2) is 24.3 Å². The van der Waals surface area contributed by atoms with Crippen LogP contribution < -0.4 is 20.4 Å². The Balaban J connectivity index is 1.98. The second-order valence-corrected chi connectivity index (χ2v) is 6.15. The quantitative estimate of drug-likeness (QED) is 0.849. The van der Waals surface area contributed by atoms with E-state index in [-0.39, 0.29) is 18.4 Å². The lowest BCUT2D eigenvalue weighted by molar-refractivity contribution is -0.128. The standard InChI is InChI=1S/C17H26N4O2/c1-20(2)14-9-4-5-10-15(14)21(3)12-16(22)19-13-8-6-7-11-18-17(13)23/h4-5,9-10,13H,6-8,11-12H2,1-3H3,(H,18,23)(H,19,22)/t13-/m1/s1. The summed E-state index contributed by atoms with van der Waals surface area (Å²) in [6.45, 7) is 0.913. The molecule has 23 heavy (non-hydrogen) atoms. The van der Waals surface area contributed by atoms with Crippen molar-refractivity contribution in [3.05, 3.63) is 24.3 Å². The minimum absolute atomic E-state index is 0.0767. The van der Waals surface area contributed by atoms with Crippen molar-refractivity contribution in [1.82, 2.24) is 10.6 Å². The summed E-state index contributed by atoms with van der Waals surface area (Å²) in [5, 5.41) is 5.69. The average Bonchev–Trinajstić information content (AvgIpc) is 2.72. The lowest BCUT2D eigenvalue weighted by Crippen LogP contribution is -2.48. The van der Waals surface area contributed by atoms with E-state index in [2.05, 4.69) is 10.6 Å². The van der Waals surface area contributed by atoms with E-state index in [1.807, 2.05) is 55.2 Å². The van der Waals surface area contributed by atoms with Crippen molar-refractivity contribution < 1.29 is 9.59 Å². The van der Waals surface area contributed by atoms with Gasteiger partial charge in [0.25, 0.3) is 0 Å². The molecule has 2 rings (SSSR count). The van der Waals surface area contributed by atoms with E-state index in [1.165, 1.54) is 0 Å². The van der Waals surface area contributed by atoms with Gasteiger partial charge in [-0.05, 0) is 31.4 Å². The fourth-order valence-corrected chi connectivity index (χ4v) is 2.78. The molecule has 0 spiro atoms. The third kappa shape index (κ3) is 4.61. The van der Waals surface area contributed by atoms with Crippen LogP contribution in [0.5, 0.6) is 0 Å². The monoisotopic (exact) mass is 318 g/mol. The van der Waals surface area contributed by atoms with E-state index in [4.69, 9.17) is 0 Å². The molecule has 0 radical (unpaired) electrons. The molecule has 1 fully saturated rings. The number of rotatable bonds is 5. The lowest BCUT2D eigenvalue weighted by Gasteiger charge is -2.26. The van der Waals surface area contributed by atoms with Gasteiger partial charge in [-0.15, -0.1) is 0 Å². The Morgan fingerprint density at radius 3 is 2.61 bits per heavy atom. The summed E-state index contributed by atoms with van der Waals surface area (Å²) in [7, 11) is 5.83. The highest BCUT2D eigenvalue weighted by Gasteiger charge is 2.23. The maximum Gasteiger partial charge on any atom is 0.242 e. The zero-order valence-electron chi connectivity index (χ0n) is 14.1. The number of carbonyl (C=O) groups excluding carboxylic acids is 2. The Morgan fingerprint density at radius 1 is 1.22 bits per heavy atom. The van der Waals surface area contributed by atoms with Gasteiger partial charge in [-0.2, -0.15) is 0 Å². The summed E-state index contributed by atoms with van der Waals surface area (Å²) in [6.07, 6.45) is 2.62. The predicted molar refractivity (Wildman–Crippen MR) is 92.8 cm³/mol. The second-order valence-electron chi connectivity index (χ2n) is 6.15. The molecule has 0 aromatic heterocycles. The Labute approximate surface area is 137 Å². The third-order valence-corrected chi connectivity index (χ3v) is 4.03. The van der Waals surface area contributed by atoms with Crippen LogP contribution >= 0.6 is 0 Å². The molecular formula is C17H26N4O2. The Bertz CT molecular complexity index is 559. The van der Waals surface area contributed by atoms with E-state index < -0.39 is 6.04 Å². The van der Waals surface area contributed by atoms with Gasteiger partial charge in [-0.25, -0.2) is 0 Å². The first-order chi connectivity index (χ1) is 11.0. The van der Waals surface area contributed by atoms with Crippen LogP contribution in [0.2, 0.25) is 0 Å². The summed E-state index contributed by atoms with van der Waals surface area (Å²) >= 11 is 0. The molecule has 0 aliphatic carbocycles. The predicted octanol–water partition coefficient (Wildman–Crippen LogP) is 0.974. The number of likely N-dealkylation sites (N-methyl/N-ethyl adjacent to an activating group) is 1. The van der Waals surface area contributed by atoms with Crippen LogP contribution in [0.3, 0.4) is 0 Å². The van der Waals surface area contributed by atoms with Gasteiger partial charge in [-0.1, -0.05) is 12.1 Å². The molecule has 1 saturated heterocycles. The summed E-state index contributed by atoms with van der Waals surface area (Å²) in [4.78, 5) is 28.1. The Kier molecular flexibility index (Phi) is 5.84. The zero-order chi connectivity index (χ0) is 16.8. The van der Waals surface area contributed by atoms with Gasteiger partial charge in [-0.3, -0.25) is 9.59 Å². The number of benzene rings is 1. The van der Waals surface area contributed by atoms with Crippen molar-refractivity contribution >= 4 is 23.2 Å². The molecule has 1 aliphatic rings. The SMILES string of the molecule is CN(C)c1ccccc1N(C)CC(=O)N[C@@H]1CCCCNC1=O. The van der Waals surface area contributed by atoms with Crippen molar-refractivity contribution in [2.45, 2.75) is 25.3 Å². The highest BCUT2D eigenvalue weighted by Crippen LogP contribution is 2.26. The molecule has 6 heteroatoms. The molecule has 1 heterocycles. The van der Waals surface area contributed by atoms with Crippen LogP contribution in [0, 0.1) is 0 Å². The van der Waals surface area contributed by atoms with Gasteiger partial charge < -0.3 is 20.4 Å². The zero-order valence-corrected chi connectivity index (χ0v) is 14.1. The Morgan fingerprint density at radius 2 is 1.91 bits per heavy atom. The first-order valence-corrected chi connectivity index (χ1v) is 8.03. The molecule has 1 aromatic rings. The van der Waals surface area contributed by atoms with E-state index in [0.29, 0.717) is 13.0 Å². The molecule has 1 aliphatic heterocycles. The fraction of sp³-hybridized carbons (Fsp3) is 0.529. The largest absolute Gasteiger partial charge is 0.376 e. The Hall–Kier alpha value is -2.24. The van der Waals surface area contributed by atoms with Crippen molar-refractivity contribution in [3.8, 4) is 0 Å². The van der Waals surface area contributed by atoms with E-state index in [0.717, 1.165) is 24.2 Å². The summed E-state index contributed by atoms with van der Waals surface area (Å²) in [6, 6.07) is 7.52. The van der Waals surface area contributed by atoms with E-state index in [1.54, 1.807) is 0 Å². The van der Waals surface area contributed by atoms with Crippen LogP contribution in [0.25, 0.3) is 0 Å². The maximum atomic E-state index is 12.3. The van der Waals surface area contributed by atoms with Gasteiger partial charge in [0.2, 0.25) is 11.8 Å². The number of para-hydroxylation sites is 2. The number of hydrogen-bond acceptors (Lipinski definition) is 4. The highest BCUT2D eigenvalue weighted by molar-refractivity contribution is 5.90. The number of anilines is 2. The molecule has 1 atom stereocenters. The first kappa shape index (κ1) is 17.1. The summed E-state index contributed by atoms with van der Waals surface area (Å²) in [5.41, 5.74) is 2.04. The highest BCUT2D eigenvalue weighted by atomic mass is 16.2. The van der Waals surface area contributed by atoms with E-state index >= 15 is 0 Å². The van der Waals surface area contributed by atoms with Crippen molar-refractivity contribution in [2.75, 3.05) is 44.0 Å². The molecule has 1 aromatic carbocycles. The number of nitrogens with one attached hydrogen (secondary N) is 2. The van der Waals surface area contributed by atoms with Crippen LogP contribution in [-0.2, 0) is 9.59 Å². The third-order valence-electron chi connectivity index (χ3n) is 4.03. The van der Waals surface area contributed by atoms with Crippen molar-refractivity contribution in [1.29, 1.82) is 0 Å². The lowest BCUT2D eigenvalue weighted by atomic mass is 10.1. The number of amides is 2. The topological polar surface area (TPSA) is 64.7 Å². The molecule has 0 bridgehead atoms. The molecule has 6 nitrogen and oxygen atoms in total. The molecule has 126 valence electrons. The maximum absolute atomic E-state index is 12.3. The van der Waals surface area contributed by atoms with Crippen LogP contribution in [0.1, 0.15) is 19.3 Å². The van der Waals surface area contributed by atoms with Gasteiger partial charge in [0.1, 0.15) is 6.04 Å². The van der Waals surface area contributed by atoms with E-state index in [9.17, 15) is 9.59 Å². The first-order valence-electron chi connectivity index (χ1n) is 8.03.